The number of aliphatic hydroxyl groups is 1. The number of fused-ring (bicyclic) bond motifs is 4. The van der Waals surface area contributed by atoms with Gasteiger partial charge in [0.25, 0.3) is 0 Å². The molecule has 1 heteroatoms. The summed E-state index contributed by atoms with van der Waals surface area (Å²) in [4.78, 5) is 0. The fourth-order valence-electron chi connectivity index (χ4n) is 5.44. The van der Waals surface area contributed by atoms with Gasteiger partial charge in [0.1, 0.15) is 5.60 Å². The fraction of sp³-hybridized carbons (Fsp3) is 0.417. The molecule has 0 amide bonds. The second-order valence-corrected chi connectivity index (χ2v) is 8.28. The Labute approximate surface area is 149 Å². The maximum absolute atomic E-state index is 11.2. The molecule has 0 heterocycles. The van der Waals surface area contributed by atoms with Gasteiger partial charge >= 0.3 is 0 Å². The van der Waals surface area contributed by atoms with Crippen LogP contribution in [0.2, 0.25) is 0 Å². The summed E-state index contributed by atoms with van der Waals surface area (Å²) in [7, 11) is 0. The number of hydrogen-bond donors (Lipinski definition) is 1. The molecule has 0 spiro atoms. The van der Waals surface area contributed by atoms with Crippen LogP contribution in [0.25, 0.3) is 11.1 Å². The van der Waals surface area contributed by atoms with Gasteiger partial charge in [0.05, 0.1) is 0 Å². The van der Waals surface area contributed by atoms with Gasteiger partial charge in [-0.15, -0.1) is 0 Å². The van der Waals surface area contributed by atoms with Crippen molar-refractivity contribution in [3.05, 3.63) is 70.2 Å². The lowest BCUT2D eigenvalue weighted by atomic mass is 9.74. The molecule has 0 saturated heterocycles. The molecule has 0 radical (unpaired) electrons. The zero-order valence-electron chi connectivity index (χ0n) is 15.0. The van der Waals surface area contributed by atoms with Crippen LogP contribution < -0.4 is 10.4 Å². The Morgan fingerprint density at radius 3 is 2.60 bits per heavy atom. The maximum atomic E-state index is 11.2. The van der Waals surface area contributed by atoms with Crippen LogP contribution in [-0.4, -0.2) is 5.11 Å². The molecule has 0 aliphatic heterocycles. The highest BCUT2D eigenvalue weighted by Gasteiger charge is 2.32. The van der Waals surface area contributed by atoms with E-state index < -0.39 is 5.60 Å². The molecule has 4 aliphatic carbocycles. The third-order valence-electron chi connectivity index (χ3n) is 6.66. The van der Waals surface area contributed by atoms with Gasteiger partial charge in [-0.1, -0.05) is 55.4 Å². The quantitative estimate of drug-likeness (QED) is 0.833. The van der Waals surface area contributed by atoms with Gasteiger partial charge in [0.2, 0.25) is 0 Å². The normalized spacial score (nSPS) is 30.4. The van der Waals surface area contributed by atoms with Gasteiger partial charge in [-0.2, -0.15) is 0 Å². The first-order valence-corrected chi connectivity index (χ1v) is 9.82. The van der Waals surface area contributed by atoms with Crippen LogP contribution in [0.5, 0.6) is 0 Å². The van der Waals surface area contributed by atoms with Crippen molar-refractivity contribution in [1.29, 1.82) is 0 Å². The molecule has 1 aromatic rings. The van der Waals surface area contributed by atoms with E-state index in [1.807, 2.05) is 13.0 Å². The van der Waals surface area contributed by atoms with Gasteiger partial charge in [0.15, 0.2) is 0 Å². The van der Waals surface area contributed by atoms with Crippen molar-refractivity contribution in [3.63, 3.8) is 0 Å². The van der Waals surface area contributed by atoms with E-state index in [-0.39, 0.29) is 0 Å². The van der Waals surface area contributed by atoms with E-state index in [0.717, 1.165) is 12.8 Å². The van der Waals surface area contributed by atoms with E-state index in [4.69, 9.17) is 0 Å². The monoisotopic (exact) mass is 330 g/mol. The largest absolute Gasteiger partial charge is 0.381 e. The molecule has 25 heavy (non-hydrogen) atoms. The summed E-state index contributed by atoms with van der Waals surface area (Å²) in [6.07, 6.45) is 20.7. The first-order valence-electron chi connectivity index (χ1n) is 9.82. The molecule has 1 N–H and O–H groups in total. The van der Waals surface area contributed by atoms with Crippen molar-refractivity contribution in [2.75, 3.05) is 0 Å². The second kappa shape index (κ2) is 5.57. The van der Waals surface area contributed by atoms with Gasteiger partial charge in [-0.25, -0.2) is 0 Å². The standard InChI is InChI=1S/C24H26O/c1-24(25)15-14-19(16-6-2-3-7-16)21-13-12-20-18-9-5-4-8-17(18)10-11-22(20)23(21)24/h4-5,8-9,12-17,25H,2-3,6-7,10-11H2,1H3. The lowest BCUT2D eigenvalue weighted by Gasteiger charge is -2.33. The van der Waals surface area contributed by atoms with Crippen LogP contribution >= 0.6 is 0 Å². The first-order chi connectivity index (χ1) is 12.1. The maximum Gasteiger partial charge on any atom is 0.106 e. The summed E-state index contributed by atoms with van der Waals surface area (Å²) in [5, 5.41) is 13.9. The van der Waals surface area contributed by atoms with Gasteiger partial charge in [-0.05, 0) is 77.3 Å². The van der Waals surface area contributed by atoms with E-state index in [0.29, 0.717) is 11.8 Å². The van der Waals surface area contributed by atoms with Crippen LogP contribution in [-0.2, 0) is 12.0 Å². The predicted molar refractivity (Wildman–Crippen MR) is 103 cm³/mol. The summed E-state index contributed by atoms with van der Waals surface area (Å²) in [6, 6.07) is 4.62. The molecular weight excluding hydrogens is 304 g/mol. The van der Waals surface area contributed by atoms with Crippen molar-refractivity contribution >= 4 is 11.1 Å². The molecule has 0 aromatic heterocycles. The van der Waals surface area contributed by atoms with Crippen LogP contribution in [0, 0.1) is 11.8 Å². The molecule has 1 saturated carbocycles. The van der Waals surface area contributed by atoms with Crippen molar-refractivity contribution < 1.29 is 5.11 Å². The average Bonchev–Trinajstić information content (AvgIpc) is 3.15. The third kappa shape index (κ3) is 2.33. The van der Waals surface area contributed by atoms with E-state index in [1.165, 1.54) is 58.4 Å². The highest BCUT2D eigenvalue weighted by atomic mass is 16.3. The topological polar surface area (TPSA) is 20.2 Å². The number of allylic oxidation sites excluding steroid dienone is 5. The minimum absolute atomic E-state index is 0.540. The van der Waals surface area contributed by atoms with Gasteiger partial charge in [-0.3, -0.25) is 0 Å². The Bertz CT molecular complexity index is 933. The van der Waals surface area contributed by atoms with Crippen molar-refractivity contribution in [2.45, 2.75) is 51.0 Å². The van der Waals surface area contributed by atoms with Gasteiger partial charge in [0, 0.05) is 5.92 Å². The van der Waals surface area contributed by atoms with Crippen LogP contribution in [0.4, 0.5) is 0 Å². The Kier molecular flexibility index (Phi) is 3.43. The summed E-state index contributed by atoms with van der Waals surface area (Å²) < 4.78 is 0. The Hall–Kier alpha value is -1.86. The Morgan fingerprint density at radius 1 is 0.960 bits per heavy atom. The van der Waals surface area contributed by atoms with Crippen molar-refractivity contribution in [2.24, 2.45) is 11.8 Å². The van der Waals surface area contributed by atoms with E-state index >= 15 is 0 Å². The highest BCUT2D eigenvalue weighted by Crippen LogP contribution is 2.37. The summed E-state index contributed by atoms with van der Waals surface area (Å²) in [6.45, 7) is 1.96. The van der Waals surface area contributed by atoms with E-state index in [9.17, 15) is 5.11 Å². The summed E-state index contributed by atoms with van der Waals surface area (Å²) in [5.74, 6) is 1.21. The molecule has 0 bridgehead atoms. The SMILES string of the molecule is CC1(O)C=CC(C2CCCC2)=c2ccc3c(c21)CCC1C=CC=CC=31. The summed E-state index contributed by atoms with van der Waals surface area (Å²) in [5.41, 5.74) is 4.61. The highest BCUT2D eigenvalue weighted by molar-refractivity contribution is 5.70. The Morgan fingerprint density at radius 2 is 1.76 bits per heavy atom. The molecular formula is C24H26O. The zero-order chi connectivity index (χ0) is 17.0. The van der Waals surface area contributed by atoms with Gasteiger partial charge < -0.3 is 5.11 Å². The lowest BCUT2D eigenvalue weighted by Crippen LogP contribution is -2.39. The Balaban J connectivity index is 1.83. The summed E-state index contributed by atoms with van der Waals surface area (Å²) >= 11 is 0. The van der Waals surface area contributed by atoms with Crippen LogP contribution in [0.3, 0.4) is 0 Å². The van der Waals surface area contributed by atoms with Crippen LogP contribution in [0.15, 0.2) is 48.6 Å². The lowest BCUT2D eigenvalue weighted by molar-refractivity contribution is 0.108. The zero-order valence-corrected chi connectivity index (χ0v) is 15.0. The molecule has 2 unspecified atom stereocenters. The van der Waals surface area contributed by atoms with Crippen LogP contribution in [0.1, 0.15) is 50.2 Å². The first kappa shape index (κ1) is 15.4. The molecule has 2 atom stereocenters. The molecule has 1 fully saturated rings. The number of benzene rings is 1. The van der Waals surface area contributed by atoms with E-state index in [1.54, 1.807) is 0 Å². The second-order valence-electron chi connectivity index (χ2n) is 8.28. The molecule has 1 aromatic carbocycles. The predicted octanol–water partition coefficient (Wildman–Crippen LogP) is 3.64. The molecule has 5 rings (SSSR count). The minimum Gasteiger partial charge on any atom is -0.381 e. The van der Waals surface area contributed by atoms with Crippen molar-refractivity contribution in [1.82, 2.24) is 0 Å². The van der Waals surface area contributed by atoms with E-state index in [2.05, 4.69) is 42.5 Å². The molecule has 4 aliphatic rings. The molecule has 1 nitrogen and oxygen atoms in total. The number of rotatable bonds is 1. The third-order valence-corrected chi connectivity index (χ3v) is 6.66. The average molecular weight is 330 g/mol. The minimum atomic E-state index is -0.857. The van der Waals surface area contributed by atoms with Crippen molar-refractivity contribution in [3.8, 4) is 0 Å². The molecule has 128 valence electrons. The number of hydrogen-bond acceptors (Lipinski definition) is 1. The fourth-order valence-corrected chi connectivity index (χ4v) is 5.44. The smallest absolute Gasteiger partial charge is 0.106 e.